The number of fused-ring (bicyclic) bond motifs is 3. The molecule has 4 aliphatic rings. The second-order valence-electron chi connectivity index (χ2n) is 9.35. The van der Waals surface area contributed by atoms with Crippen molar-refractivity contribution in [2.24, 2.45) is 17.3 Å². The predicted molar refractivity (Wildman–Crippen MR) is 106 cm³/mol. The number of carbonyl (C=O) groups is 1. The van der Waals surface area contributed by atoms with Gasteiger partial charge < -0.3 is 14.6 Å². The van der Waals surface area contributed by atoms with Crippen molar-refractivity contribution in [2.45, 2.75) is 50.7 Å². The zero-order chi connectivity index (χ0) is 18.9. The van der Waals surface area contributed by atoms with Crippen LogP contribution in [-0.4, -0.2) is 44.7 Å². The molecule has 2 aliphatic carbocycles. The van der Waals surface area contributed by atoms with Crippen LogP contribution in [0.15, 0.2) is 36.8 Å². The fourth-order valence-electron chi connectivity index (χ4n) is 6.18. The topological polar surface area (TPSA) is 58.4 Å². The van der Waals surface area contributed by atoms with E-state index in [1.807, 2.05) is 12.5 Å². The van der Waals surface area contributed by atoms with Crippen LogP contribution < -0.4 is 0 Å². The molecule has 3 atom stereocenters. The fraction of sp³-hybridized carbons (Fsp3) is 0.565. The van der Waals surface area contributed by atoms with E-state index in [9.17, 15) is 9.90 Å². The zero-order valence-electron chi connectivity index (χ0n) is 16.1. The fourth-order valence-corrected chi connectivity index (χ4v) is 6.18. The van der Waals surface area contributed by atoms with Gasteiger partial charge in [-0.25, -0.2) is 4.98 Å². The lowest BCUT2D eigenvalue weighted by Gasteiger charge is -2.58. The molecule has 5 heteroatoms. The molecule has 0 bridgehead atoms. The average molecular weight is 377 g/mol. The van der Waals surface area contributed by atoms with Crippen molar-refractivity contribution < 1.29 is 9.90 Å². The van der Waals surface area contributed by atoms with Crippen LogP contribution in [0.25, 0.3) is 11.3 Å². The molecule has 3 unspecified atom stereocenters. The maximum absolute atomic E-state index is 12.6. The van der Waals surface area contributed by atoms with E-state index < -0.39 is 0 Å². The van der Waals surface area contributed by atoms with Crippen LogP contribution in [0.4, 0.5) is 0 Å². The van der Waals surface area contributed by atoms with Crippen LogP contribution in [0.1, 0.15) is 50.1 Å². The van der Waals surface area contributed by atoms with Crippen LogP contribution in [0.5, 0.6) is 0 Å². The van der Waals surface area contributed by atoms with Crippen LogP contribution >= 0.6 is 0 Å². The Morgan fingerprint density at radius 1 is 1.18 bits per heavy atom. The van der Waals surface area contributed by atoms with E-state index in [4.69, 9.17) is 0 Å². The highest BCUT2D eigenvalue weighted by Crippen LogP contribution is 2.59. The molecule has 1 aromatic carbocycles. The van der Waals surface area contributed by atoms with Gasteiger partial charge in [-0.2, -0.15) is 0 Å². The van der Waals surface area contributed by atoms with Crippen LogP contribution in [0.3, 0.4) is 0 Å². The van der Waals surface area contributed by atoms with Gasteiger partial charge >= 0.3 is 0 Å². The summed E-state index contributed by atoms with van der Waals surface area (Å²) in [5.41, 5.74) is 3.73. The summed E-state index contributed by atoms with van der Waals surface area (Å²) in [5.74, 6) is 0.868. The number of rotatable bonds is 2. The number of carbonyl (C=O) groups excluding carboxylic acids is 1. The van der Waals surface area contributed by atoms with E-state index in [1.165, 1.54) is 17.5 Å². The zero-order valence-corrected chi connectivity index (χ0v) is 16.1. The first-order chi connectivity index (χ1) is 13.7. The molecule has 1 amide bonds. The Bertz CT molecular complexity index is 923. The van der Waals surface area contributed by atoms with Gasteiger partial charge in [0.05, 0.1) is 30.4 Å². The Hall–Kier alpha value is -2.14. The number of hydrogen-bond donors (Lipinski definition) is 1. The second kappa shape index (κ2) is 5.93. The summed E-state index contributed by atoms with van der Waals surface area (Å²) >= 11 is 0. The molecule has 1 spiro atoms. The summed E-state index contributed by atoms with van der Waals surface area (Å²) in [6.45, 7) is 1.63. The van der Waals surface area contributed by atoms with Crippen LogP contribution in [-0.2, 0) is 4.79 Å². The minimum Gasteiger partial charge on any atom is -0.392 e. The van der Waals surface area contributed by atoms with Crippen molar-refractivity contribution >= 4 is 5.91 Å². The Labute approximate surface area is 165 Å². The molecule has 28 heavy (non-hydrogen) atoms. The number of likely N-dealkylation sites (tertiary alicyclic amines) is 1. The van der Waals surface area contributed by atoms with Crippen molar-refractivity contribution in [1.29, 1.82) is 0 Å². The van der Waals surface area contributed by atoms with Gasteiger partial charge in [-0.15, -0.1) is 0 Å². The Kier molecular flexibility index (Phi) is 3.55. The van der Waals surface area contributed by atoms with Crippen molar-refractivity contribution in [3.8, 4) is 11.3 Å². The molecule has 146 valence electrons. The summed E-state index contributed by atoms with van der Waals surface area (Å²) in [5, 5.41) is 11.3. The third kappa shape index (κ3) is 2.17. The summed E-state index contributed by atoms with van der Waals surface area (Å²) < 4.78 is 2.25. The van der Waals surface area contributed by atoms with Crippen LogP contribution in [0, 0.1) is 17.3 Å². The summed E-state index contributed by atoms with van der Waals surface area (Å²) in [4.78, 5) is 19.0. The number of benzene rings is 1. The second-order valence-corrected chi connectivity index (χ2v) is 9.35. The molecule has 5 nitrogen and oxygen atoms in total. The number of amides is 1. The van der Waals surface area contributed by atoms with E-state index in [1.54, 1.807) is 0 Å². The van der Waals surface area contributed by atoms with Crippen molar-refractivity contribution in [1.82, 2.24) is 14.5 Å². The smallest absolute Gasteiger partial charge is 0.225 e. The lowest BCUT2D eigenvalue weighted by Crippen LogP contribution is -2.60. The molecular formula is C23H27N3O2. The maximum atomic E-state index is 12.6. The monoisotopic (exact) mass is 377 g/mol. The SMILES string of the molecule is O=C(C1CCC1)N1CCC2(CC1)CC(C1c3ccccc3-c3cncn31)C2O. The van der Waals surface area contributed by atoms with Gasteiger partial charge in [-0.05, 0) is 37.7 Å². The quantitative estimate of drug-likeness (QED) is 0.874. The number of imidazole rings is 1. The largest absolute Gasteiger partial charge is 0.392 e. The first-order valence-corrected chi connectivity index (χ1v) is 10.8. The summed E-state index contributed by atoms with van der Waals surface area (Å²) in [6.07, 6.45) is 9.80. The van der Waals surface area contributed by atoms with Crippen LogP contribution in [0.2, 0.25) is 0 Å². The molecule has 0 radical (unpaired) electrons. The highest BCUT2D eigenvalue weighted by atomic mass is 16.3. The maximum Gasteiger partial charge on any atom is 0.225 e. The minimum absolute atomic E-state index is 0.000656. The third-order valence-corrected chi connectivity index (χ3v) is 8.13. The van der Waals surface area contributed by atoms with Gasteiger partial charge in [0, 0.05) is 35.9 Å². The first-order valence-electron chi connectivity index (χ1n) is 10.8. The molecule has 2 aromatic rings. The van der Waals surface area contributed by atoms with Gasteiger partial charge in [-0.1, -0.05) is 30.7 Å². The number of piperidine rings is 1. The van der Waals surface area contributed by atoms with Gasteiger partial charge in [0.2, 0.25) is 5.91 Å². The summed E-state index contributed by atoms with van der Waals surface area (Å²) in [6, 6.07) is 8.71. The molecular weight excluding hydrogens is 350 g/mol. The van der Waals surface area contributed by atoms with Gasteiger partial charge in [0.1, 0.15) is 0 Å². The Balaban J connectivity index is 1.19. The standard InChI is InChI=1S/C23H27N3O2/c27-21-18(20-17-7-2-1-6-16(17)19-13-24-14-26(19)20)12-23(21)8-10-25(11-9-23)22(28)15-4-3-5-15/h1-2,6-7,13-15,18,20-21,27H,3-5,8-12H2. The third-order valence-electron chi connectivity index (χ3n) is 8.13. The van der Waals surface area contributed by atoms with E-state index >= 15 is 0 Å². The predicted octanol–water partition coefficient (Wildman–Crippen LogP) is 3.24. The molecule has 2 aliphatic heterocycles. The van der Waals surface area contributed by atoms with E-state index in [0.717, 1.165) is 50.9 Å². The number of hydrogen-bond acceptors (Lipinski definition) is 3. The van der Waals surface area contributed by atoms with Gasteiger partial charge in [0.25, 0.3) is 0 Å². The number of aromatic nitrogens is 2. The van der Waals surface area contributed by atoms with Gasteiger partial charge in [-0.3, -0.25) is 4.79 Å². The molecule has 1 saturated heterocycles. The van der Waals surface area contributed by atoms with E-state index in [0.29, 0.717) is 5.91 Å². The van der Waals surface area contributed by atoms with Crippen molar-refractivity contribution in [3.05, 3.63) is 42.4 Å². The molecule has 3 heterocycles. The lowest BCUT2D eigenvalue weighted by molar-refractivity contribution is -0.167. The van der Waals surface area contributed by atoms with E-state index in [2.05, 4.69) is 38.7 Å². The van der Waals surface area contributed by atoms with Crippen molar-refractivity contribution in [3.63, 3.8) is 0 Å². The number of aliphatic hydroxyl groups excluding tert-OH is 1. The highest BCUT2D eigenvalue weighted by Gasteiger charge is 2.58. The first kappa shape index (κ1) is 16.8. The Morgan fingerprint density at radius 3 is 2.68 bits per heavy atom. The molecule has 1 aromatic heterocycles. The lowest BCUT2D eigenvalue weighted by atomic mass is 9.53. The van der Waals surface area contributed by atoms with Gasteiger partial charge in [0.15, 0.2) is 0 Å². The number of aliphatic hydroxyl groups is 1. The molecule has 2 saturated carbocycles. The van der Waals surface area contributed by atoms with Crippen molar-refractivity contribution in [2.75, 3.05) is 13.1 Å². The highest BCUT2D eigenvalue weighted by molar-refractivity contribution is 5.79. The Morgan fingerprint density at radius 2 is 1.96 bits per heavy atom. The summed E-state index contributed by atoms with van der Waals surface area (Å²) in [7, 11) is 0. The van der Waals surface area contributed by atoms with E-state index in [-0.39, 0.29) is 29.4 Å². The normalized spacial score (nSPS) is 30.5. The molecule has 1 N–H and O–H groups in total. The molecule has 3 fully saturated rings. The number of nitrogens with zero attached hydrogens (tertiary/aromatic N) is 3. The molecule has 6 rings (SSSR count). The minimum atomic E-state index is -0.306. The average Bonchev–Trinajstić information content (AvgIpc) is 3.26.